The first-order chi connectivity index (χ1) is 14.1. The molecule has 0 heterocycles. The first-order valence-corrected chi connectivity index (χ1v) is 10.4. The Morgan fingerprint density at radius 2 is 1.07 bits per heavy atom. The van der Waals surface area contributed by atoms with Crippen molar-refractivity contribution in [2.24, 2.45) is 0 Å². The molecule has 5 heteroatoms. The van der Waals surface area contributed by atoms with Crippen molar-refractivity contribution in [1.29, 1.82) is 0 Å². The number of hydrogen-bond donors (Lipinski definition) is 2. The van der Waals surface area contributed by atoms with Crippen molar-refractivity contribution < 1.29 is 24.4 Å². The van der Waals surface area contributed by atoms with Gasteiger partial charge in [-0.3, -0.25) is 0 Å². The zero-order valence-corrected chi connectivity index (χ0v) is 17.7. The quantitative estimate of drug-likeness (QED) is 0.422. The van der Waals surface area contributed by atoms with Crippen LogP contribution in [0, 0.1) is 0 Å². The van der Waals surface area contributed by atoms with E-state index < -0.39 is 0 Å². The van der Waals surface area contributed by atoms with Crippen LogP contribution in [0.4, 0.5) is 0 Å². The lowest BCUT2D eigenvalue weighted by Gasteiger charge is -2.08. The summed E-state index contributed by atoms with van der Waals surface area (Å²) in [4.78, 5) is 0. The number of unbranched alkanes of at least 4 members (excludes halogenated alkanes) is 4. The van der Waals surface area contributed by atoms with Gasteiger partial charge in [0.25, 0.3) is 0 Å². The van der Waals surface area contributed by atoms with Gasteiger partial charge < -0.3 is 24.4 Å². The molecular weight excluding hydrogens is 368 g/mol. The maximum absolute atomic E-state index is 9.61. The summed E-state index contributed by atoms with van der Waals surface area (Å²) < 4.78 is 16.0. The number of aryl methyl sites for hydroxylation is 2. The number of benzene rings is 2. The molecule has 29 heavy (non-hydrogen) atoms. The Kier molecular flexibility index (Phi) is 10.2. The lowest BCUT2D eigenvalue weighted by Crippen LogP contribution is -1.98. The Bertz CT molecular complexity index is 668. The van der Waals surface area contributed by atoms with Crippen LogP contribution in [0.1, 0.15) is 49.7 Å². The summed E-state index contributed by atoms with van der Waals surface area (Å²) in [5.41, 5.74) is 2.37. The van der Waals surface area contributed by atoms with E-state index in [4.69, 9.17) is 14.2 Å². The number of rotatable bonds is 14. The second-order valence-corrected chi connectivity index (χ2v) is 7.25. The van der Waals surface area contributed by atoms with Crippen molar-refractivity contribution in [1.82, 2.24) is 0 Å². The fraction of sp³-hybridized carbons (Fsp3) is 0.500. The predicted molar refractivity (Wildman–Crippen MR) is 115 cm³/mol. The zero-order chi connectivity index (χ0) is 20.9. The van der Waals surface area contributed by atoms with Crippen molar-refractivity contribution in [2.75, 3.05) is 27.4 Å². The van der Waals surface area contributed by atoms with Gasteiger partial charge in [0.15, 0.2) is 23.0 Å². The van der Waals surface area contributed by atoms with E-state index >= 15 is 0 Å². The molecule has 0 aromatic heterocycles. The Morgan fingerprint density at radius 1 is 0.621 bits per heavy atom. The molecule has 0 aliphatic heterocycles. The molecule has 0 saturated heterocycles. The molecule has 0 atom stereocenters. The van der Waals surface area contributed by atoms with Gasteiger partial charge >= 0.3 is 0 Å². The minimum atomic E-state index is 0.187. The highest BCUT2D eigenvalue weighted by molar-refractivity contribution is 5.42. The smallest absolute Gasteiger partial charge is 0.160 e. The average molecular weight is 403 g/mol. The van der Waals surface area contributed by atoms with E-state index in [-0.39, 0.29) is 11.5 Å². The number of phenolic OH excluding ortho intramolecular Hbond substituents is 2. The second-order valence-electron chi connectivity index (χ2n) is 7.25. The van der Waals surface area contributed by atoms with E-state index in [9.17, 15) is 10.2 Å². The maximum atomic E-state index is 9.61. The third kappa shape index (κ3) is 8.24. The Balaban J connectivity index is 1.45. The van der Waals surface area contributed by atoms with Gasteiger partial charge in [0.05, 0.1) is 14.2 Å². The Hall–Kier alpha value is -2.40. The third-order valence-corrected chi connectivity index (χ3v) is 5.00. The summed E-state index contributed by atoms with van der Waals surface area (Å²) in [6.45, 7) is 1.63. The number of methoxy groups -OCH3 is 2. The largest absolute Gasteiger partial charge is 0.504 e. The van der Waals surface area contributed by atoms with Gasteiger partial charge in [0, 0.05) is 13.2 Å². The molecule has 2 rings (SSSR count). The van der Waals surface area contributed by atoms with Gasteiger partial charge in [-0.05, 0) is 73.9 Å². The molecule has 160 valence electrons. The second kappa shape index (κ2) is 12.9. The summed E-state index contributed by atoms with van der Waals surface area (Å²) >= 11 is 0. The van der Waals surface area contributed by atoms with E-state index in [2.05, 4.69) is 0 Å². The summed E-state index contributed by atoms with van der Waals surface area (Å²) in [5, 5.41) is 19.2. The van der Waals surface area contributed by atoms with Crippen molar-refractivity contribution in [2.45, 2.75) is 51.4 Å². The predicted octanol–water partition coefficient (Wildman–Crippen LogP) is 5.26. The van der Waals surface area contributed by atoms with Crippen LogP contribution in [0.25, 0.3) is 0 Å². The molecule has 0 bridgehead atoms. The van der Waals surface area contributed by atoms with Gasteiger partial charge in [-0.25, -0.2) is 0 Å². The molecule has 0 fully saturated rings. The van der Waals surface area contributed by atoms with E-state index in [1.165, 1.54) is 11.1 Å². The van der Waals surface area contributed by atoms with Crippen molar-refractivity contribution in [3.63, 3.8) is 0 Å². The summed E-state index contributed by atoms with van der Waals surface area (Å²) in [6, 6.07) is 11.1. The highest BCUT2D eigenvalue weighted by Gasteiger charge is 2.03. The molecule has 0 aliphatic carbocycles. The highest BCUT2D eigenvalue weighted by Crippen LogP contribution is 2.27. The standard InChI is InChI=1S/C24H34O5/c1-27-23-17-19(11-13-21(23)25)9-5-3-7-15-29-16-8-4-6-10-20-12-14-22(26)24(18-20)28-2/h11-14,17-18,25-26H,3-10,15-16H2,1-2H3. The number of phenols is 2. The van der Waals surface area contributed by atoms with Gasteiger partial charge in [-0.15, -0.1) is 0 Å². The summed E-state index contributed by atoms with van der Waals surface area (Å²) in [6.07, 6.45) is 8.58. The van der Waals surface area contributed by atoms with Crippen LogP contribution < -0.4 is 9.47 Å². The fourth-order valence-electron chi connectivity index (χ4n) is 3.28. The Morgan fingerprint density at radius 3 is 1.48 bits per heavy atom. The van der Waals surface area contributed by atoms with Crippen LogP contribution in [-0.2, 0) is 17.6 Å². The van der Waals surface area contributed by atoms with Crippen LogP contribution in [-0.4, -0.2) is 37.6 Å². The molecule has 0 amide bonds. The molecule has 2 aromatic rings. The molecule has 2 aromatic carbocycles. The van der Waals surface area contributed by atoms with Crippen molar-refractivity contribution in [3.8, 4) is 23.0 Å². The van der Waals surface area contributed by atoms with Gasteiger partial charge in [0.2, 0.25) is 0 Å². The normalized spacial score (nSPS) is 10.8. The van der Waals surface area contributed by atoms with Crippen molar-refractivity contribution in [3.05, 3.63) is 47.5 Å². The van der Waals surface area contributed by atoms with Gasteiger partial charge in [-0.2, -0.15) is 0 Å². The monoisotopic (exact) mass is 402 g/mol. The SMILES string of the molecule is COc1cc(CCCCCOCCCCCc2ccc(O)c(OC)c2)ccc1O. The molecule has 0 spiro atoms. The summed E-state index contributed by atoms with van der Waals surface area (Å²) in [5.74, 6) is 1.45. The molecule has 0 aliphatic rings. The molecular formula is C24H34O5. The van der Waals surface area contributed by atoms with Crippen LogP contribution in [0.3, 0.4) is 0 Å². The lowest BCUT2D eigenvalue weighted by molar-refractivity contribution is 0.126. The average Bonchev–Trinajstić information content (AvgIpc) is 2.74. The van der Waals surface area contributed by atoms with E-state index in [0.29, 0.717) is 11.5 Å². The topological polar surface area (TPSA) is 68.2 Å². The molecule has 0 unspecified atom stereocenters. The lowest BCUT2D eigenvalue weighted by atomic mass is 10.1. The number of hydrogen-bond acceptors (Lipinski definition) is 5. The van der Waals surface area contributed by atoms with E-state index in [0.717, 1.165) is 64.6 Å². The molecule has 0 radical (unpaired) electrons. The van der Waals surface area contributed by atoms with Gasteiger partial charge in [-0.1, -0.05) is 25.0 Å². The highest BCUT2D eigenvalue weighted by atomic mass is 16.5. The summed E-state index contributed by atoms with van der Waals surface area (Å²) in [7, 11) is 3.14. The van der Waals surface area contributed by atoms with Crippen LogP contribution in [0.2, 0.25) is 0 Å². The molecule has 5 nitrogen and oxygen atoms in total. The molecule has 2 N–H and O–H groups in total. The number of ether oxygens (including phenoxy) is 3. The third-order valence-electron chi connectivity index (χ3n) is 5.00. The Labute approximate surface area is 174 Å². The number of aromatic hydroxyl groups is 2. The first kappa shape index (κ1) is 22.9. The van der Waals surface area contributed by atoms with Gasteiger partial charge in [0.1, 0.15) is 0 Å². The fourth-order valence-corrected chi connectivity index (χ4v) is 3.28. The molecule has 0 saturated carbocycles. The van der Waals surface area contributed by atoms with Crippen LogP contribution in [0.15, 0.2) is 36.4 Å². The minimum absolute atomic E-state index is 0.187. The van der Waals surface area contributed by atoms with Crippen molar-refractivity contribution >= 4 is 0 Å². The van der Waals surface area contributed by atoms with E-state index in [1.807, 2.05) is 24.3 Å². The van der Waals surface area contributed by atoms with E-state index in [1.54, 1.807) is 26.4 Å². The maximum Gasteiger partial charge on any atom is 0.160 e. The minimum Gasteiger partial charge on any atom is -0.504 e. The zero-order valence-electron chi connectivity index (χ0n) is 17.7. The van der Waals surface area contributed by atoms with Crippen LogP contribution >= 0.6 is 0 Å². The first-order valence-electron chi connectivity index (χ1n) is 10.4. The van der Waals surface area contributed by atoms with Crippen LogP contribution in [0.5, 0.6) is 23.0 Å².